The van der Waals surface area contributed by atoms with Gasteiger partial charge in [0.2, 0.25) is 0 Å². The van der Waals surface area contributed by atoms with Crippen molar-refractivity contribution in [2.75, 3.05) is 13.6 Å². The second kappa shape index (κ2) is 15.9. The molecule has 0 aromatic rings. The first-order valence-electron chi connectivity index (χ1n) is 2.97. The second-order valence-corrected chi connectivity index (χ2v) is 1.43. The molecule has 0 aliphatic carbocycles. The van der Waals surface area contributed by atoms with Crippen LogP contribution in [-0.2, 0) is 0 Å². The number of rotatable bonds is 2. The quantitative estimate of drug-likeness (QED) is 0.679. The molecule has 0 aromatic carbocycles. The van der Waals surface area contributed by atoms with Crippen molar-refractivity contribution in [3.8, 4) is 0 Å². The maximum absolute atomic E-state index is 3.84. The largest absolute Gasteiger partial charge is 0.662 e. The minimum Gasteiger partial charge on any atom is -0.662 e. The van der Waals surface area contributed by atoms with E-state index in [4.69, 9.17) is 0 Å². The monoisotopic (exact) mass is 352 g/mol. The third kappa shape index (κ3) is 28.3. The number of hydrogen-bond donors (Lipinski definition) is 0. The molecule has 9 heavy (non-hydrogen) atoms. The van der Waals surface area contributed by atoms with E-state index < -0.39 is 0 Å². The van der Waals surface area contributed by atoms with Crippen LogP contribution in [0, 0.1) is 31.1 Å². The van der Waals surface area contributed by atoms with Gasteiger partial charge < -0.3 is 5.32 Å². The summed E-state index contributed by atoms with van der Waals surface area (Å²) in [6.45, 7) is 10.4. The first-order valence-corrected chi connectivity index (χ1v) is 2.97. The Morgan fingerprint density at radius 2 is 1.78 bits per heavy atom. The molecule has 0 amide bonds. The Kier molecular flexibility index (Phi) is 28.9. The molecule has 0 radical (unpaired) electrons. The molecule has 0 aromatic heterocycles. The molecule has 0 saturated carbocycles. The van der Waals surface area contributed by atoms with E-state index in [9.17, 15) is 0 Å². The summed E-state index contributed by atoms with van der Waals surface area (Å²) in [6, 6.07) is 0. The Labute approximate surface area is 82.7 Å². The molecular weight excluding hydrogens is 336 g/mol. The Hall–Kier alpha value is 0.752. The molecule has 0 spiro atoms. The SMILES string of the molecule is C=C(C)C[N-]C.CC.[U]. The number of hydrogen-bond acceptors (Lipinski definition) is 0. The topological polar surface area (TPSA) is 14.1 Å². The van der Waals surface area contributed by atoms with Crippen molar-refractivity contribution in [3.63, 3.8) is 0 Å². The average Bonchev–Trinajstić information content (AvgIpc) is 1.72. The van der Waals surface area contributed by atoms with Gasteiger partial charge in [-0.3, -0.25) is 0 Å². The van der Waals surface area contributed by atoms with Crippen LogP contribution >= 0.6 is 0 Å². The Morgan fingerprint density at radius 3 is 1.78 bits per heavy atom. The molecule has 0 atom stereocenters. The molecule has 2 heteroatoms. The van der Waals surface area contributed by atoms with Crippen LogP contribution in [0.3, 0.4) is 0 Å². The molecule has 0 fully saturated rings. The summed E-state index contributed by atoms with van der Waals surface area (Å²) in [6.07, 6.45) is 0. The Bertz CT molecular complexity index is 52.9. The van der Waals surface area contributed by atoms with E-state index in [1.807, 2.05) is 20.8 Å². The van der Waals surface area contributed by atoms with Crippen LogP contribution in [0.5, 0.6) is 0 Å². The van der Waals surface area contributed by atoms with Gasteiger partial charge in [0.05, 0.1) is 0 Å². The van der Waals surface area contributed by atoms with Crippen molar-refractivity contribution in [2.45, 2.75) is 20.8 Å². The van der Waals surface area contributed by atoms with Gasteiger partial charge in [-0.1, -0.05) is 13.8 Å². The Balaban J connectivity index is -0.000000109. The molecule has 0 rings (SSSR count). The zero-order valence-corrected chi connectivity index (χ0v) is 11.0. The van der Waals surface area contributed by atoms with E-state index in [1.165, 1.54) is 0 Å². The van der Waals surface area contributed by atoms with Crippen molar-refractivity contribution in [1.82, 2.24) is 0 Å². The van der Waals surface area contributed by atoms with Gasteiger partial charge in [0.15, 0.2) is 0 Å². The summed E-state index contributed by atoms with van der Waals surface area (Å²) in [4.78, 5) is 0. The van der Waals surface area contributed by atoms with Crippen LogP contribution in [0.15, 0.2) is 12.2 Å². The van der Waals surface area contributed by atoms with Crippen molar-refractivity contribution in [3.05, 3.63) is 17.5 Å². The summed E-state index contributed by atoms with van der Waals surface area (Å²) in [5.74, 6) is 0. The van der Waals surface area contributed by atoms with Gasteiger partial charge in [-0.25, -0.2) is 0 Å². The summed E-state index contributed by atoms with van der Waals surface area (Å²) < 4.78 is 0. The normalized spacial score (nSPS) is 6.22. The fourth-order valence-electron chi connectivity index (χ4n) is 0.270. The van der Waals surface area contributed by atoms with Crippen molar-refractivity contribution >= 4 is 0 Å². The van der Waals surface area contributed by atoms with E-state index >= 15 is 0 Å². The van der Waals surface area contributed by atoms with Gasteiger partial charge in [-0.05, 0) is 6.92 Å². The molecule has 1 nitrogen and oxygen atoms in total. The number of likely N-dealkylation sites (N-methyl/N-ethyl adjacent to an activating group) is 1. The van der Waals surface area contributed by atoms with E-state index in [0.717, 1.165) is 12.1 Å². The molecular formula is C7H16NU-. The molecule has 54 valence electrons. The minimum absolute atomic E-state index is 0. The minimum atomic E-state index is 0. The maximum atomic E-state index is 3.84. The first-order chi connectivity index (χ1) is 3.77. The fourth-order valence-corrected chi connectivity index (χ4v) is 0.270. The summed E-state index contributed by atoms with van der Waals surface area (Å²) in [5, 5.41) is 3.84. The number of nitrogens with zero attached hydrogens (tertiary/aromatic N) is 1. The van der Waals surface area contributed by atoms with Crippen LogP contribution in [0.25, 0.3) is 5.32 Å². The second-order valence-electron chi connectivity index (χ2n) is 1.43. The van der Waals surface area contributed by atoms with E-state index in [1.54, 1.807) is 7.05 Å². The first kappa shape index (κ1) is 16.4. The van der Waals surface area contributed by atoms with Crippen LogP contribution < -0.4 is 0 Å². The molecule has 0 aliphatic heterocycles. The van der Waals surface area contributed by atoms with Crippen molar-refractivity contribution < 1.29 is 31.1 Å². The van der Waals surface area contributed by atoms with Crippen LogP contribution in [0.1, 0.15) is 20.8 Å². The van der Waals surface area contributed by atoms with Crippen LogP contribution in [-0.4, -0.2) is 13.6 Å². The third-order valence-corrected chi connectivity index (χ3v) is 0.428. The van der Waals surface area contributed by atoms with Crippen molar-refractivity contribution in [1.29, 1.82) is 0 Å². The predicted octanol–water partition coefficient (Wildman–Crippen LogP) is 2.59. The molecule has 0 aliphatic rings. The zero-order chi connectivity index (χ0) is 6.99. The van der Waals surface area contributed by atoms with Gasteiger partial charge in [-0.15, -0.1) is 18.7 Å². The standard InChI is InChI=1S/C5H10N.C2H6.U/c1-5(2)4-6-3;1-2;/h1,4H2,2-3H3;1-2H3;/q-1;;. The summed E-state index contributed by atoms with van der Waals surface area (Å²) >= 11 is 0. The molecule has 0 saturated heterocycles. The third-order valence-electron chi connectivity index (χ3n) is 0.428. The molecule has 0 unspecified atom stereocenters. The molecule has 0 bridgehead atoms. The van der Waals surface area contributed by atoms with Gasteiger partial charge in [0.1, 0.15) is 0 Å². The van der Waals surface area contributed by atoms with Gasteiger partial charge in [0.25, 0.3) is 0 Å². The fraction of sp³-hybridized carbons (Fsp3) is 0.714. The zero-order valence-electron chi connectivity index (χ0n) is 6.86. The maximum Gasteiger partial charge on any atom is 0 e. The van der Waals surface area contributed by atoms with Gasteiger partial charge in [0, 0.05) is 31.1 Å². The van der Waals surface area contributed by atoms with E-state index in [2.05, 4.69) is 11.9 Å². The molecule has 0 N–H and O–H groups in total. The van der Waals surface area contributed by atoms with Crippen LogP contribution in [0.2, 0.25) is 0 Å². The van der Waals surface area contributed by atoms with Crippen molar-refractivity contribution in [2.24, 2.45) is 0 Å². The predicted molar refractivity (Wildman–Crippen MR) is 40.3 cm³/mol. The smallest absolute Gasteiger partial charge is 0 e. The van der Waals surface area contributed by atoms with Crippen LogP contribution in [0.4, 0.5) is 0 Å². The summed E-state index contributed by atoms with van der Waals surface area (Å²) in [5.41, 5.74) is 1.12. The van der Waals surface area contributed by atoms with Gasteiger partial charge in [-0.2, -0.15) is 7.05 Å². The Morgan fingerprint density at radius 1 is 1.44 bits per heavy atom. The van der Waals surface area contributed by atoms with E-state index in [-0.39, 0.29) is 31.1 Å². The molecule has 0 heterocycles. The van der Waals surface area contributed by atoms with E-state index in [0.29, 0.717) is 0 Å². The summed E-state index contributed by atoms with van der Waals surface area (Å²) in [7, 11) is 1.79. The van der Waals surface area contributed by atoms with Gasteiger partial charge >= 0.3 is 0 Å². The average molecular weight is 352 g/mol.